The molecule has 2 aromatic rings. The first-order valence-corrected chi connectivity index (χ1v) is 6.98. The van der Waals surface area contributed by atoms with E-state index in [0.29, 0.717) is 11.4 Å². The second-order valence-electron chi connectivity index (χ2n) is 4.03. The molecule has 0 fully saturated rings. The molecule has 0 saturated heterocycles. The zero-order chi connectivity index (χ0) is 13.0. The van der Waals surface area contributed by atoms with E-state index in [-0.39, 0.29) is 0 Å². The van der Waals surface area contributed by atoms with Gasteiger partial charge in [-0.25, -0.2) is 0 Å². The van der Waals surface area contributed by atoms with Gasteiger partial charge in [-0.1, -0.05) is 12.1 Å². The third-order valence-electron chi connectivity index (χ3n) is 2.72. The van der Waals surface area contributed by atoms with E-state index in [9.17, 15) is 5.26 Å². The molecule has 0 radical (unpaired) electrons. The van der Waals surface area contributed by atoms with Gasteiger partial charge in [0.25, 0.3) is 0 Å². The van der Waals surface area contributed by atoms with E-state index in [4.69, 9.17) is 11.6 Å². The molecule has 92 valence electrons. The van der Waals surface area contributed by atoms with Crippen molar-refractivity contribution in [2.75, 3.05) is 11.9 Å². The molecule has 0 aliphatic heterocycles. The molecule has 0 N–H and O–H groups in total. The smallest absolute Gasteiger partial charge is 0.101 e. The van der Waals surface area contributed by atoms with E-state index in [0.717, 1.165) is 17.8 Å². The van der Waals surface area contributed by atoms with Gasteiger partial charge in [0, 0.05) is 17.8 Å². The van der Waals surface area contributed by atoms with Crippen LogP contribution in [0.4, 0.5) is 5.69 Å². The molecule has 18 heavy (non-hydrogen) atoms. The molecule has 0 aliphatic rings. The Morgan fingerprint density at radius 2 is 2.22 bits per heavy atom. The van der Waals surface area contributed by atoms with Crippen molar-refractivity contribution in [3.05, 3.63) is 51.7 Å². The standard InChI is InChI=1S/C14H13ClN2S/c1-17(10-13-3-2-6-18-13)14-5-4-11(8-15)7-12(14)9-16/h2-7H,8,10H2,1H3. The van der Waals surface area contributed by atoms with Crippen LogP contribution in [0.15, 0.2) is 35.7 Å². The molecule has 2 rings (SSSR count). The highest BCUT2D eigenvalue weighted by Crippen LogP contribution is 2.23. The molecule has 0 atom stereocenters. The van der Waals surface area contributed by atoms with Gasteiger partial charge in [0.05, 0.1) is 17.8 Å². The van der Waals surface area contributed by atoms with Gasteiger partial charge < -0.3 is 4.90 Å². The molecule has 0 saturated carbocycles. The van der Waals surface area contributed by atoms with E-state index in [2.05, 4.69) is 22.4 Å². The summed E-state index contributed by atoms with van der Waals surface area (Å²) in [6.07, 6.45) is 0. The predicted molar refractivity (Wildman–Crippen MR) is 77.1 cm³/mol. The Morgan fingerprint density at radius 1 is 1.39 bits per heavy atom. The van der Waals surface area contributed by atoms with Gasteiger partial charge in [-0.3, -0.25) is 0 Å². The molecular formula is C14H13ClN2S. The number of thiophene rings is 1. The van der Waals surface area contributed by atoms with E-state index in [1.807, 2.05) is 31.3 Å². The van der Waals surface area contributed by atoms with Gasteiger partial charge in [0.2, 0.25) is 0 Å². The van der Waals surface area contributed by atoms with Gasteiger partial charge in [-0.2, -0.15) is 5.26 Å². The molecular weight excluding hydrogens is 264 g/mol. The topological polar surface area (TPSA) is 27.0 Å². The second kappa shape index (κ2) is 5.90. The third kappa shape index (κ3) is 2.84. The lowest BCUT2D eigenvalue weighted by molar-refractivity contribution is 0.937. The maximum absolute atomic E-state index is 9.20. The van der Waals surface area contributed by atoms with Crippen LogP contribution in [0.1, 0.15) is 16.0 Å². The highest BCUT2D eigenvalue weighted by molar-refractivity contribution is 7.09. The molecule has 4 heteroatoms. The minimum Gasteiger partial charge on any atom is -0.368 e. The molecule has 0 unspecified atom stereocenters. The average molecular weight is 277 g/mol. The number of halogens is 1. The Morgan fingerprint density at radius 3 is 2.83 bits per heavy atom. The second-order valence-corrected chi connectivity index (χ2v) is 5.33. The first-order valence-electron chi connectivity index (χ1n) is 5.57. The van der Waals surface area contributed by atoms with Crippen molar-refractivity contribution in [3.63, 3.8) is 0 Å². The maximum Gasteiger partial charge on any atom is 0.101 e. The molecule has 2 nitrogen and oxygen atoms in total. The van der Waals surface area contributed by atoms with Crippen LogP contribution < -0.4 is 4.90 Å². The molecule has 1 aromatic heterocycles. The van der Waals surface area contributed by atoms with Crippen molar-refractivity contribution in [1.82, 2.24) is 0 Å². The fourth-order valence-electron chi connectivity index (χ4n) is 1.81. The maximum atomic E-state index is 9.20. The van der Waals surface area contributed by atoms with Gasteiger partial charge in [0.15, 0.2) is 0 Å². The van der Waals surface area contributed by atoms with Gasteiger partial charge in [-0.05, 0) is 29.1 Å². The number of alkyl halides is 1. The summed E-state index contributed by atoms with van der Waals surface area (Å²) >= 11 is 7.50. The number of nitrogens with zero attached hydrogens (tertiary/aromatic N) is 2. The fourth-order valence-corrected chi connectivity index (χ4v) is 2.73. The Labute approximate surface area is 116 Å². The highest BCUT2D eigenvalue weighted by Gasteiger charge is 2.09. The molecule has 1 heterocycles. The molecule has 0 amide bonds. The Hall–Kier alpha value is -1.50. The monoisotopic (exact) mass is 276 g/mol. The summed E-state index contributed by atoms with van der Waals surface area (Å²) in [6, 6.07) is 12.2. The average Bonchev–Trinajstić information content (AvgIpc) is 2.90. The Bertz CT molecular complexity index is 558. The van der Waals surface area contributed by atoms with Crippen molar-refractivity contribution < 1.29 is 0 Å². The minimum atomic E-state index is 0.434. The van der Waals surface area contributed by atoms with Crippen molar-refractivity contribution >= 4 is 28.6 Å². The summed E-state index contributed by atoms with van der Waals surface area (Å²) < 4.78 is 0. The van der Waals surface area contributed by atoms with Crippen molar-refractivity contribution in [2.45, 2.75) is 12.4 Å². The number of rotatable bonds is 4. The number of anilines is 1. The third-order valence-corrected chi connectivity index (χ3v) is 3.89. The Kier molecular flexibility index (Phi) is 4.24. The minimum absolute atomic E-state index is 0.434. The number of hydrogen-bond acceptors (Lipinski definition) is 3. The summed E-state index contributed by atoms with van der Waals surface area (Å²) in [5, 5.41) is 11.3. The van der Waals surface area contributed by atoms with Crippen LogP contribution in [-0.2, 0) is 12.4 Å². The van der Waals surface area contributed by atoms with Crippen LogP contribution in [0.2, 0.25) is 0 Å². The van der Waals surface area contributed by atoms with Crippen LogP contribution in [-0.4, -0.2) is 7.05 Å². The van der Waals surface area contributed by atoms with Gasteiger partial charge >= 0.3 is 0 Å². The zero-order valence-electron chi connectivity index (χ0n) is 10.1. The van der Waals surface area contributed by atoms with Crippen LogP contribution in [0.25, 0.3) is 0 Å². The van der Waals surface area contributed by atoms with Crippen molar-refractivity contribution in [2.24, 2.45) is 0 Å². The summed E-state index contributed by atoms with van der Waals surface area (Å²) in [7, 11) is 2.00. The molecule has 0 bridgehead atoms. The Balaban J connectivity index is 2.24. The largest absolute Gasteiger partial charge is 0.368 e. The molecule has 0 aliphatic carbocycles. The summed E-state index contributed by atoms with van der Waals surface area (Å²) in [5.74, 6) is 0.434. The van der Waals surface area contributed by atoms with Crippen molar-refractivity contribution in [1.29, 1.82) is 5.26 Å². The summed E-state index contributed by atoms with van der Waals surface area (Å²) in [6.45, 7) is 0.812. The first kappa shape index (κ1) is 12.9. The lowest BCUT2D eigenvalue weighted by Gasteiger charge is -2.20. The van der Waals surface area contributed by atoms with Crippen LogP contribution in [0.3, 0.4) is 0 Å². The summed E-state index contributed by atoms with van der Waals surface area (Å²) in [5.41, 5.74) is 2.59. The van der Waals surface area contributed by atoms with Gasteiger partial charge in [0.1, 0.15) is 6.07 Å². The molecule has 1 aromatic carbocycles. The SMILES string of the molecule is CN(Cc1cccs1)c1ccc(CCl)cc1C#N. The van der Waals surface area contributed by atoms with E-state index in [1.165, 1.54) is 4.88 Å². The van der Waals surface area contributed by atoms with E-state index >= 15 is 0 Å². The van der Waals surface area contributed by atoms with E-state index in [1.54, 1.807) is 11.3 Å². The lowest BCUT2D eigenvalue weighted by Crippen LogP contribution is -2.16. The van der Waals surface area contributed by atoms with Crippen LogP contribution in [0.5, 0.6) is 0 Å². The predicted octanol–water partition coefficient (Wildman–Crippen LogP) is 3.99. The van der Waals surface area contributed by atoms with Crippen molar-refractivity contribution in [3.8, 4) is 6.07 Å². The zero-order valence-corrected chi connectivity index (χ0v) is 11.6. The lowest BCUT2D eigenvalue weighted by atomic mass is 10.1. The quantitative estimate of drug-likeness (QED) is 0.790. The fraction of sp³-hybridized carbons (Fsp3) is 0.214. The first-order chi connectivity index (χ1) is 8.74. The highest BCUT2D eigenvalue weighted by atomic mass is 35.5. The van der Waals surface area contributed by atoms with Crippen LogP contribution >= 0.6 is 22.9 Å². The number of benzene rings is 1. The summed E-state index contributed by atoms with van der Waals surface area (Å²) in [4.78, 5) is 3.37. The van der Waals surface area contributed by atoms with E-state index < -0.39 is 0 Å². The number of nitriles is 1. The molecule has 0 spiro atoms. The number of hydrogen-bond donors (Lipinski definition) is 0. The normalized spacial score (nSPS) is 10.1. The van der Waals surface area contributed by atoms with Gasteiger partial charge in [-0.15, -0.1) is 22.9 Å². The van der Waals surface area contributed by atoms with Crippen LogP contribution in [0, 0.1) is 11.3 Å².